The molecule has 18 heavy (non-hydrogen) atoms. The van der Waals surface area contributed by atoms with Gasteiger partial charge in [-0.15, -0.1) is 0 Å². The summed E-state index contributed by atoms with van der Waals surface area (Å²) in [6, 6.07) is 9.42. The van der Waals surface area contributed by atoms with Crippen molar-refractivity contribution in [3.8, 4) is 0 Å². The molecule has 0 spiro atoms. The summed E-state index contributed by atoms with van der Waals surface area (Å²) in [5.41, 5.74) is 0.782. The second-order valence-electron chi connectivity index (χ2n) is 3.93. The van der Waals surface area contributed by atoms with Crippen molar-refractivity contribution < 1.29 is 14.3 Å². The van der Waals surface area contributed by atoms with Gasteiger partial charge in [0.1, 0.15) is 0 Å². The molecule has 1 aliphatic heterocycles. The molecule has 0 bridgehead atoms. The van der Waals surface area contributed by atoms with Gasteiger partial charge in [-0.2, -0.15) is 0 Å². The number of anilines is 1. The van der Waals surface area contributed by atoms with Crippen LogP contribution in [-0.4, -0.2) is 38.6 Å². The van der Waals surface area contributed by atoms with E-state index in [2.05, 4.69) is 5.32 Å². The SMILES string of the molecule is CCOC(=O)N(c1ccccc1)C1CNCCO1. The van der Waals surface area contributed by atoms with Gasteiger partial charge in [0.15, 0.2) is 6.23 Å². The van der Waals surface area contributed by atoms with Crippen molar-refractivity contribution in [2.24, 2.45) is 0 Å². The van der Waals surface area contributed by atoms with E-state index in [-0.39, 0.29) is 12.3 Å². The molecule has 1 atom stereocenters. The van der Waals surface area contributed by atoms with Crippen molar-refractivity contribution in [3.63, 3.8) is 0 Å². The van der Waals surface area contributed by atoms with Gasteiger partial charge >= 0.3 is 6.09 Å². The van der Waals surface area contributed by atoms with E-state index in [1.54, 1.807) is 11.8 Å². The Morgan fingerprint density at radius 2 is 2.28 bits per heavy atom. The van der Waals surface area contributed by atoms with Crippen LogP contribution in [0.1, 0.15) is 6.92 Å². The summed E-state index contributed by atoms with van der Waals surface area (Å²) in [4.78, 5) is 13.6. The number of hydrogen-bond donors (Lipinski definition) is 1. The molecular formula is C13H18N2O3. The number of benzene rings is 1. The molecule has 1 amide bonds. The molecule has 1 saturated heterocycles. The third-order valence-corrected chi connectivity index (χ3v) is 2.69. The summed E-state index contributed by atoms with van der Waals surface area (Å²) in [6.45, 7) is 4.15. The van der Waals surface area contributed by atoms with E-state index < -0.39 is 0 Å². The molecular weight excluding hydrogens is 232 g/mol. The molecule has 2 rings (SSSR count). The quantitative estimate of drug-likeness (QED) is 0.885. The number of amides is 1. The Morgan fingerprint density at radius 1 is 1.50 bits per heavy atom. The minimum absolute atomic E-state index is 0.319. The van der Waals surface area contributed by atoms with Gasteiger partial charge < -0.3 is 14.8 Å². The molecule has 0 radical (unpaired) electrons. The Balaban J connectivity index is 2.19. The number of carbonyl (C=O) groups excluding carboxylic acids is 1. The minimum Gasteiger partial charge on any atom is -0.449 e. The highest BCUT2D eigenvalue weighted by molar-refractivity contribution is 5.88. The lowest BCUT2D eigenvalue weighted by molar-refractivity contribution is 0.0247. The van der Waals surface area contributed by atoms with Gasteiger partial charge in [0.2, 0.25) is 0 Å². The van der Waals surface area contributed by atoms with Crippen molar-refractivity contribution in [2.75, 3.05) is 31.2 Å². The molecule has 5 nitrogen and oxygen atoms in total. The van der Waals surface area contributed by atoms with Crippen molar-refractivity contribution in [3.05, 3.63) is 30.3 Å². The normalized spacial score (nSPS) is 19.3. The number of nitrogens with one attached hydrogen (secondary N) is 1. The lowest BCUT2D eigenvalue weighted by atomic mass is 10.3. The fourth-order valence-corrected chi connectivity index (χ4v) is 1.89. The van der Waals surface area contributed by atoms with E-state index in [4.69, 9.17) is 9.47 Å². The van der Waals surface area contributed by atoms with E-state index in [9.17, 15) is 4.79 Å². The maximum atomic E-state index is 12.0. The minimum atomic E-state index is -0.377. The van der Waals surface area contributed by atoms with E-state index >= 15 is 0 Å². The lowest BCUT2D eigenvalue weighted by Gasteiger charge is -2.33. The lowest BCUT2D eigenvalue weighted by Crippen LogP contribution is -2.52. The number of rotatable bonds is 3. The standard InChI is InChI=1S/C13H18N2O3/c1-2-17-13(16)15(11-6-4-3-5-7-11)12-10-14-8-9-18-12/h3-7,12,14H,2,8-10H2,1H3. The average Bonchev–Trinajstić information content (AvgIpc) is 2.42. The molecule has 98 valence electrons. The summed E-state index contributed by atoms with van der Waals surface area (Å²) >= 11 is 0. The Bertz CT molecular complexity index is 377. The Labute approximate surface area is 107 Å². The molecule has 0 saturated carbocycles. The largest absolute Gasteiger partial charge is 0.449 e. The number of hydrogen-bond acceptors (Lipinski definition) is 4. The average molecular weight is 250 g/mol. The summed E-state index contributed by atoms with van der Waals surface area (Å²) in [5.74, 6) is 0. The predicted molar refractivity (Wildman–Crippen MR) is 68.6 cm³/mol. The fourth-order valence-electron chi connectivity index (χ4n) is 1.89. The molecule has 1 heterocycles. The zero-order valence-electron chi connectivity index (χ0n) is 10.5. The maximum absolute atomic E-state index is 12.0. The van der Waals surface area contributed by atoms with Gasteiger partial charge in [-0.1, -0.05) is 18.2 Å². The van der Waals surface area contributed by atoms with Gasteiger partial charge in [0.25, 0.3) is 0 Å². The van der Waals surface area contributed by atoms with Gasteiger partial charge in [0, 0.05) is 18.8 Å². The van der Waals surface area contributed by atoms with Gasteiger partial charge in [-0.05, 0) is 19.1 Å². The third-order valence-electron chi connectivity index (χ3n) is 2.69. The van der Waals surface area contributed by atoms with Crippen LogP contribution in [0.5, 0.6) is 0 Å². The van der Waals surface area contributed by atoms with E-state index in [0.29, 0.717) is 19.8 Å². The van der Waals surface area contributed by atoms with Crippen LogP contribution in [0.15, 0.2) is 30.3 Å². The van der Waals surface area contributed by atoms with Crippen LogP contribution in [0.4, 0.5) is 10.5 Å². The van der Waals surface area contributed by atoms with Crippen molar-refractivity contribution >= 4 is 11.8 Å². The highest BCUT2D eigenvalue weighted by Crippen LogP contribution is 2.19. The Kier molecular flexibility index (Phi) is 4.55. The molecule has 1 aromatic rings. The summed E-state index contributed by atoms with van der Waals surface area (Å²) in [7, 11) is 0. The first-order chi connectivity index (χ1) is 8.83. The zero-order valence-corrected chi connectivity index (χ0v) is 10.5. The fraction of sp³-hybridized carbons (Fsp3) is 0.462. The van der Waals surface area contributed by atoms with Crippen molar-refractivity contribution in [2.45, 2.75) is 13.2 Å². The highest BCUT2D eigenvalue weighted by atomic mass is 16.6. The van der Waals surface area contributed by atoms with Crippen molar-refractivity contribution in [1.82, 2.24) is 5.32 Å². The molecule has 1 unspecified atom stereocenters. The second kappa shape index (κ2) is 6.37. The summed E-state index contributed by atoms with van der Waals surface area (Å²) in [6.07, 6.45) is -0.697. The molecule has 1 N–H and O–H groups in total. The Hall–Kier alpha value is -1.59. The van der Waals surface area contributed by atoms with Crippen LogP contribution in [0.25, 0.3) is 0 Å². The molecule has 0 aromatic heterocycles. The van der Waals surface area contributed by atoms with Gasteiger partial charge in [-0.25, -0.2) is 9.69 Å². The van der Waals surface area contributed by atoms with Gasteiger partial charge in [-0.3, -0.25) is 0 Å². The third kappa shape index (κ3) is 3.00. The van der Waals surface area contributed by atoms with Crippen molar-refractivity contribution in [1.29, 1.82) is 0 Å². The number of carbonyl (C=O) groups is 1. The van der Waals surface area contributed by atoms with Gasteiger partial charge in [0.05, 0.1) is 13.2 Å². The van der Waals surface area contributed by atoms with Crippen LogP contribution in [0, 0.1) is 0 Å². The van der Waals surface area contributed by atoms with Crippen LogP contribution in [0.2, 0.25) is 0 Å². The van der Waals surface area contributed by atoms with Crippen LogP contribution < -0.4 is 10.2 Å². The first kappa shape index (κ1) is 12.9. The first-order valence-electron chi connectivity index (χ1n) is 6.16. The smallest absolute Gasteiger partial charge is 0.416 e. The zero-order chi connectivity index (χ0) is 12.8. The summed E-state index contributed by atoms with van der Waals surface area (Å²) in [5, 5.41) is 3.21. The first-order valence-corrected chi connectivity index (χ1v) is 6.16. The molecule has 0 aliphatic carbocycles. The van der Waals surface area contributed by atoms with E-state index in [1.807, 2.05) is 30.3 Å². The molecule has 5 heteroatoms. The number of nitrogens with zero attached hydrogens (tertiary/aromatic N) is 1. The maximum Gasteiger partial charge on any atom is 0.416 e. The molecule has 1 aliphatic rings. The van der Waals surface area contributed by atoms with Crippen LogP contribution >= 0.6 is 0 Å². The highest BCUT2D eigenvalue weighted by Gasteiger charge is 2.28. The topological polar surface area (TPSA) is 50.8 Å². The molecule has 1 aromatic carbocycles. The Morgan fingerprint density at radius 3 is 2.89 bits per heavy atom. The van der Waals surface area contributed by atoms with Crippen LogP contribution in [-0.2, 0) is 9.47 Å². The number of ether oxygens (including phenoxy) is 2. The second-order valence-corrected chi connectivity index (χ2v) is 3.93. The van der Waals surface area contributed by atoms with E-state index in [1.165, 1.54) is 0 Å². The van der Waals surface area contributed by atoms with E-state index in [0.717, 1.165) is 12.2 Å². The number of morpholine rings is 1. The van der Waals surface area contributed by atoms with Crippen LogP contribution in [0.3, 0.4) is 0 Å². The monoisotopic (exact) mass is 250 g/mol. The number of para-hydroxylation sites is 1. The predicted octanol–water partition coefficient (Wildman–Crippen LogP) is 1.60. The molecule has 1 fully saturated rings. The summed E-state index contributed by atoms with van der Waals surface area (Å²) < 4.78 is 10.7.